The summed E-state index contributed by atoms with van der Waals surface area (Å²) in [6.45, 7) is 6.47. The Morgan fingerprint density at radius 1 is 0.328 bits per heavy atom. The lowest BCUT2D eigenvalue weighted by molar-refractivity contribution is -0.167. The molecule has 368 valence electrons. The lowest BCUT2D eigenvalue weighted by Crippen LogP contribution is -2.30. The van der Waals surface area contributed by atoms with Crippen molar-refractivity contribution in [2.24, 2.45) is 0 Å². The third kappa shape index (κ3) is 49.9. The second-order valence-electron chi connectivity index (χ2n) is 17.8. The SMILES string of the molecule is CC/C=C\C/C=C\C/C=C\C/C=C\C/C=C\CCCC(=O)OC[C@@H](COC(=O)CCCCCCC/C=C\CCCCCCC)OC(=O)CCCCCCCCCCCCCCCCC. The van der Waals surface area contributed by atoms with Crippen LogP contribution in [0, 0.1) is 0 Å². The van der Waals surface area contributed by atoms with Gasteiger partial charge in [0.25, 0.3) is 0 Å². The Labute approximate surface area is 395 Å². The molecule has 0 saturated heterocycles. The second-order valence-corrected chi connectivity index (χ2v) is 17.8. The molecule has 0 aliphatic carbocycles. The fraction of sp³-hybridized carbons (Fsp3) is 0.741. The van der Waals surface area contributed by atoms with Crippen molar-refractivity contribution in [3.8, 4) is 0 Å². The molecule has 0 unspecified atom stereocenters. The van der Waals surface area contributed by atoms with Crippen molar-refractivity contribution >= 4 is 17.9 Å². The molecule has 0 aromatic carbocycles. The molecule has 6 nitrogen and oxygen atoms in total. The lowest BCUT2D eigenvalue weighted by Gasteiger charge is -2.18. The fourth-order valence-corrected chi connectivity index (χ4v) is 7.41. The second kappa shape index (κ2) is 52.5. The zero-order valence-corrected chi connectivity index (χ0v) is 42.0. The van der Waals surface area contributed by atoms with Crippen LogP contribution in [-0.2, 0) is 28.6 Å². The Morgan fingerprint density at radius 3 is 1.03 bits per heavy atom. The smallest absolute Gasteiger partial charge is 0.306 e. The Bertz CT molecular complexity index is 1210. The molecule has 0 fully saturated rings. The maximum atomic E-state index is 12.8. The maximum absolute atomic E-state index is 12.8. The lowest BCUT2D eigenvalue weighted by atomic mass is 10.0. The van der Waals surface area contributed by atoms with Crippen molar-refractivity contribution in [2.75, 3.05) is 13.2 Å². The van der Waals surface area contributed by atoms with Gasteiger partial charge in [0.1, 0.15) is 13.2 Å². The van der Waals surface area contributed by atoms with E-state index in [1.54, 1.807) is 0 Å². The predicted molar refractivity (Wildman–Crippen MR) is 274 cm³/mol. The van der Waals surface area contributed by atoms with E-state index in [1.165, 1.54) is 128 Å². The van der Waals surface area contributed by atoms with Crippen molar-refractivity contribution in [3.63, 3.8) is 0 Å². The molecule has 1 atom stereocenters. The number of carbonyl (C=O) groups is 3. The molecule has 64 heavy (non-hydrogen) atoms. The van der Waals surface area contributed by atoms with Crippen LogP contribution in [0.5, 0.6) is 0 Å². The van der Waals surface area contributed by atoms with E-state index in [0.717, 1.165) is 83.5 Å². The average Bonchev–Trinajstić information content (AvgIpc) is 3.29. The summed E-state index contributed by atoms with van der Waals surface area (Å²) in [5.41, 5.74) is 0. The van der Waals surface area contributed by atoms with E-state index in [1.807, 2.05) is 0 Å². The molecule has 0 spiro atoms. The molecule has 6 heteroatoms. The Kier molecular flexibility index (Phi) is 49.9. The van der Waals surface area contributed by atoms with Crippen LogP contribution in [0.4, 0.5) is 0 Å². The van der Waals surface area contributed by atoms with Crippen LogP contribution in [0.15, 0.2) is 72.9 Å². The van der Waals surface area contributed by atoms with E-state index in [-0.39, 0.29) is 37.5 Å². The minimum Gasteiger partial charge on any atom is -0.462 e. The minimum absolute atomic E-state index is 0.0956. The van der Waals surface area contributed by atoms with Gasteiger partial charge in [0.2, 0.25) is 0 Å². The van der Waals surface area contributed by atoms with Crippen LogP contribution in [0.1, 0.15) is 258 Å². The number of esters is 3. The Balaban J connectivity index is 4.47. The summed E-state index contributed by atoms with van der Waals surface area (Å²) in [5.74, 6) is -0.958. The number of rotatable bonds is 48. The highest BCUT2D eigenvalue weighted by Crippen LogP contribution is 2.15. The van der Waals surface area contributed by atoms with Gasteiger partial charge < -0.3 is 14.2 Å². The van der Waals surface area contributed by atoms with Crippen LogP contribution in [0.3, 0.4) is 0 Å². The summed E-state index contributed by atoms with van der Waals surface area (Å²) in [4.78, 5) is 38.0. The van der Waals surface area contributed by atoms with Crippen LogP contribution in [0.25, 0.3) is 0 Å². The average molecular weight is 893 g/mol. The summed E-state index contributed by atoms with van der Waals surface area (Å²) >= 11 is 0. The van der Waals surface area contributed by atoms with E-state index in [4.69, 9.17) is 14.2 Å². The maximum Gasteiger partial charge on any atom is 0.306 e. The highest BCUT2D eigenvalue weighted by molar-refractivity contribution is 5.71. The molecule has 0 amide bonds. The molecule has 0 heterocycles. The van der Waals surface area contributed by atoms with Gasteiger partial charge in [-0.3, -0.25) is 14.4 Å². The van der Waals surface area contributed by atoms with Crippen molar-refractivity contribution < 1.29 is 28.6 Å². The first-order valence-corrected chi connectivity index (χ1v) is 26.9. The molecular formula is C58H100O6. The Morgan fingerprint density at radius 2 is 0.625 bits per heavy atom. The number of unbranched alkanes of at least 4 members (excludes halogenated alkanes) is 25. The zero-order chi connectivity index (χ0) is 46.5. The highest BCUT2D eigenvalue weighted by atomic mass is 16.6. The van der Waals surface area contributed by atoms with Gasteiger partial charge in [0, 0.05) is 19.3 Å². The molecular weight excluding hydrogens is 793 g/mol. The van der Waals surface area contributed by atoms with Gasteiger partial charge in [-0.2, -0.15) is 0 Å². The number of allylic oxidation sites excluding steroid dienone is 12. The van der Waals surface area contributed by atoms with Crippen molar-refractivity contribution in [3.05, 3.63) is 72.9 Å². The van der Waals surface area contributed by atoms with Crippen LogP contribution >= 0.6 is 0 Å². The molecule has 0 aromatic rings. The summed E-state index contributed by atoms with van der Waals surface area (Å²) in [6.07, 6.45) is 66.0. The normalized spacial score (nSPS) is 12.6. The summed E-state index contributed by atoms with van der Waals surface area (Å²) in [7, 11) is 0. The monoisotopic (exact) mass is 893 g/mol. The minimum atomic E-state index is -0.799. The molecule has 0 bridgehead atoms. The summed E-state index contributed by atoms with van der Waals surface area (Å²) in [6, 6.07) is 0. The molecule has 0 aromatic heterocycles. The van der Waals surface area contributed by atoms with Gasteiger partial charge in [-0.25, -0.2) is 0 Å². The van der Waals surface area contributed by atoms with Crippen molar-refractivity contribution in [1.29, 1.82) is 0 Å². The van der Waals surface area contributed by atoms with Crippen molar-refractivity contribution in [2.45, 2.75) is 264 Å². The standard InChI is InChI=1S/C58H100O6/c1-4-7-10-13-16-19-22-25-28-29-31-33-36-39-42-45-48-51-57(60)63-54-55(53-62-56(59)50-47-44-41-38-35-32-27-24-21-18-15-12-9-6-3)64-58(61)52-49-46-43-40-37-34-30-26-23-20-17-14-11-8-5-2/h7,10,16,19,24-25,27-28,31,33,39,42,55H,4-6,8-9,11-15,17-18,20-23,26,29-30,32,34-38,40-41,43-54H2,1-3H3/b10-7-,19-16-,27-24-,28-25-,33-31-,42-39-/t55-/m1/s1. The van der Waals surface area contributed by atoms with E-state index >= 15 is 0 Å². The third-order valence-electron chi connectivity index (χ3n) is 11.4. The number of carbonyl (C=O) groups excluding carboxylic acids is 3. The van der Waals surface area contributed by atoms with Crippen LogP contribution in [0.2, 0.25) is 0 Å². The van der Waals surface area contributed by atoms with E-state index in [2.05, 4.69) is 93.7 Å². The van der Waals surface area contributed by atoms with Gasteiger partial charge in [0.15, 0.2) is 6.10 Å². The molecule has 0 rings (SSSR count). The van der Waals surface area contributed by atoms with Gasteiger partial charge in [-0.1, -0.05) is 229 Å². The highest BCUT2D eigenvalue weighted by Gasteiger charge is 2.19. The molecule has 0 saturated carbocycles. The summed E-state index contributed by atoms with van der Waals surface area (Å²) < 4.78 is 16.8. The van der Waals surface area contributed by atoms with E-state index < -0.39 is 6.10 Å². The number of ether oxygens (including phenoxy) is 3. The third-order valence-corrected chi connectivity index (χ3v) is 11.4. The summed E-state index contributed by atoms with van der Waals surface area (Å²) in [5, 5.41) is 0. The van der Waals surface area contributed by atoms with Crippen LogP contribution in [-0.4, -0.2) is 37.2 Å². The molecule has 0 radical (unpaired) electrons. The molecule has 0 aliphatic rings. The van der Waals surface area contributed by atoms with Gasteiger partial charge in [0.05, 0.1) is 0 Å². The first-order chi connectivity index (χ1) is 31.5. The largest absolute Gasteiger partial charge is 0.462 e. The Hall–Kier alpha value is -3.15. The van der Waals surface area contributed by atoms with Crippen LogP contribution < -0.4 is 0 Å². The quantitative estimate of drug-likeness (QED) is 0.0262. The number of hydrogen-bond acceptors (Lipinski definition) is 6. The molecule has 0 N–H and O–H groups in total. The van der Waals surface area contributed by atoms with Gasteiger partial charge in [-0.15, -0.1) is 0 Å². The van der Waals surface area contributed by atoms with E-state index in [9.17, 15) is 14.4 Å². The van der Waals surface area contributed by atoms with Gasteiger partial charge >= 0.3 is 17.9 Å². The first kappa shape index (κ1) is 60.9. The zero-order valence-electron chi connectivity index (χ0n) is 42.0. The fourth-order valence-electron chi connectivity index (χ4n) is 7.41. The van der Waals surface area contributed by atoms with E-state index in [0.29, 0.717) is 19.3 Å². The topological polar surface area (TPSA) is 78.9 Å². The molecule has 0 aliphatic heterocycles. The number of hydrogen-bond donors (Lipinski definition) is 0. The predicted octanol–water partition coefficient (Wildman–Crippen LogP) is 17.8. The van der Waals surface area contributed by atoms with Crippen molar-refractivity contribution in [1.82, 2.24) is 0 Å². The van der Waals surface area contributed by atoms with Gasteiger partial charge in [-0.05, 0) is 83.5 Å². The first-order valence-electron chi connectivity index (χ1n) is 26.9.